The lowest BCUT2D eigenvalue weighted by Crippen LogP contribution is -2.47. The maximum Gasteiger partial charge on any atom is 0.254 e. The van der Waals surface area contributed by atoms with E-state index in [9.17, 15) is 14.0 Å². The first-order valence-corrected chi connectivity index (χ1v) is 7.00. The Morgan fingerprint density at radius 1 is 1.29 bits per heavy atom. The van der Waals surface area contributed by atoms with E-state index in [-0.39, 0.29) is 29.7 Å². The fourth-order valence-electron chi connectivity index (χ4n) is 1.92. The van der Waals surface area contributed by atoms with Gasteiger partial charge in [-0.05, 0) is 58.4 Å². The SMILES string of the molecule is CCN(CC(=O)NC(C)(C)C)C(=O)c1ccc(F)c(C)c1. The second kappa shape index (κ2) is 6.70. The normalized spacial score (nSPS) is 11.1. The summed E-state index contributed by atoms with van der Waals surface area (Å²) in [5.41, 5.74) is 0.460. The number of aryl methyl sites for hydroxylation is 1. The lowest BCUT2D eigenvalue weighted by atomic mass is 10.1. The van der Waals surface area contributed by atoms with Gasteiger partial charge in [0.05, 0.1) is 6.54 Å². The summed E-state index contributed by atoms with van der Waals surface area (Å²) in [5, 5.41) is 2.82. The van der Waals surface area contributed by atoms with Crippen molar-refractivity contribution in [1.82, 2.24) is 10.2 Å². The summed E-state index contributed by atoms with van der Waals surface area (Å²) >= 11 is 0. The van der Waals surface area contributed by atoms with Crippen LogP contribution in [0.4, 0.5) is 4.39 Å². The number of hydrogen-bond acceptors (Lipinski definition) is 2. The first kappa shape index (κ1) is 17.1. The van der Waals surface area contributed by atoms with Crippen LogP contribution in [0.15, 0.2) is 18.2 Å². The van der Waals surface area contributed by atoms with E-state index in [1.165, 1.54) is 23.1 Å². The molecule has 1 aromatic rings. The summed E-state index contributed by atoms with van der Waals surface area (Å²) in [6.45, 7) is 9.45. The molecule has 0 heterocycles. The van der Waals surface area contributed by atoms with Gasteiger partial charge >= 0.3 is 0 Å². The van der Waals surface area contributed by atoms with Crippen LogP contribution in [0.5, 0.6) is 0 Å². The lowest BCUT2D eigenvalue weighted by molar-refractivity contribution is -0.123. The highest BCUT2D eigenvalue weighted by Gasteiger charge is 2.20. The first-order valence-electron chi connectivity index (χ1n) is 7.00. The van der Waals surface area contributed by atoms with Crippen LogP contribution >= 0.6 is 0 Å². The molecule has 0 radical (unpaired) electrons. The predicted octanol–water partition coefficient (Wildman–Crippen LogP) is 2.51. The molecule has 0 aliphatic heterocycles. The van der Waals surface area contributed by atoms with Crippen LogP contribution in [0.2, 0.25) is 0 Å². The third-order valence-corrected chi connectivity index (χ3v) is 2.92. The van der Waals surface area contributed by atoms with Crippen LogP contribution in [-0.4, -0.2) is 35.3 Å². The molecule has 1 N–H and O–H groups in total. The highest BCUT2D eigenvalue weighted by Crippen LogP contribution is 2.11. The number of amides is 2. The van der Waals surface area contributed by atoms with Crippen molar-refractivity contribution in [3.8, 4) is 0 Å². The average molecular weight is 294 g/mol. The molecular formula is C16H23FN2O2. The lowest BCUT2D eigenvalue weighted by Gasteiger charge is -2.25. The van der Waals surface area contributed by atoms with Crippen LogP contribution < -0.4 is 5.32 Å². The van der Waals surface area contributed by atoms with E-state index in [1.807, 2.05) is 20.8 Å². The number of nitrogens with one attached hydrogen (secondary N) is 1. The van der Waals surface area contributed by atoms with Gasteiger partial charge in [-0.15, -0.1) is 0 Å². The zero-order valence-corrected chi connectivity index (χ0v) is 13.3. The number of carbonyl (C=O) groups is 2. The van der Waals surface area contributed by atoms with Gasteiger partial charge in [0.2, 0.25) is 5.91 Å². The van der Waals surface area contributed by atoms with Crippen molar-refractivity contribution in [3.63, 3.8) is 0 Å². The van der Waals surface area contributed by atoms with E-state index < -0.39 is 0 Å². The van der Waals surface area contributed by atoms with Crippen LogP contribution in [-0.2, 0) is 4.79 Å². The van der Waals surface area contributed by atoms with Gasteiger partial charge in [0.25, 0.3) is 5.91 Å². The second-order valence-corrected chi connectivity index (χ2v) is 6.08. The molecule has 21 heavy (non-hydrogen) atoms. The number of benzene rings is 1. The van der Waals surface area contributed by atoms with E-state index in [4.69, 9.17) is 0 Å². The maximum absolute atomic E-state index is 13.3. The molecule has 2 amide bonds. The van der Waals surface area contributed by atoms with Gasteiger partial charge in [-0.1, -0.05) is 0 Å². The molecule has 0 aromatic heterocycles. The number of carbonyl (C=O) groups excluding carboxylic acids is 2. The molecule has 0 atom stereocenters. The Kier molecular flexibility index (Phi) is 5.47. The molecule has 0 saturated carbocycles. The van der Waals surface area contributed by atoms with Gasteiger partial charge in [-0.3, -0.25) is 9.59 Å². The number of hydrogen-bond donors (Lipinski definition) is 1. The second-order valence-electron chi connectivity index (χ2n) is 6.08. The summed E-state index contributed by atoms with van der Waals surface area (Å²) in [6.07, 6.45) is 0. The van der Waals surface area contributed by atoms with Crippen LogP contribution in [0.1, 0.15) is 43.6 Å². The summed E-state index contributed by atoms with van der Waals surface area (Å²) in [6, 6.07) is 4.21. The minimum atomic E-state index is -0.347. The molecule has 0 aliphatic rings. The maximum atomic E-state index is 13.3. The fraction of sp³-hybridized carbons (Fsp3) is 0.500. The molecule has 0 bridgehead atoms. The first-order chi connectivity index (χ1) is 9.64. The van der Waals surface area contributed by atoms with Crippen LogP contribution in [0, 0.1) is 12.7 Å². The fourth-order valence-corrected chi connectivity index (χ4v) is 1.92. The largest absolute Gasteiger partial charge is 0.350 e. The number of nitrogens with zero attached hydrogens (tertiary/aromatic N) is 1. The third-order valence-electron chi connectivity index (χ3n) is 2.92. The van der Waals surface area contributed by atoms with E-state index >= 15 is 0 Å². The molecule has 116 valence electrons. The molecule has 5 heteroatoms. The van der Waals surface area contributed by atoms with Crippen molar-refractivity contribution in [3.05, 3.63) is 35.1 Å². The van der Waals surface area contributed by atoms with Gasteiger partial charge in [-0.2, -0.15) is 0 Å². The molecule has 0 saturated heterocycles. The van der Waals surface area contributed by atoms with Crippen molar-refractivity contribution in [2.75, 3.05) is 13.1 Å². The van der Waals surface area contributed by atoms with Gasteiger partial charge in [0, 0.05) is 17.6 Å². The predicted molar refractivity (Wildman–Crippen MR) is 80.6 cm³/mol. The molecular weight excluding hydrogens is 271 g/mol. The number of likely N-dealkylation sites (N-methyl/N-ethyl adjacent to an activating group) is 1. The summed E-state index contributed by atoms with van der Waals surface area (Å²) < 4.78 is 13.3. The zero-order valence-electron chi connectivity index (χ0n) is 13.3. The topological polar surface area (TPSA) is 49.4 Å². The zero-order chi connectivity index (χ0) is 16.2. The molecule has 1 aromatic carbocycles. The molecule has 0 fully saturated rings. The molecule has 0 aliphatic carbocycles. The third kappa shape index (κ3) is 5.17. The Morgan fingerprint density at radius 2 is 1.90 bits per heavy atom. The standard InChI is InChI=1S/C16H23FN2O2/c1-6-19(10-14(20)18-16(3,4)5)15(21)12-7-8-13(17)11(2)9-12/h7-9H,6,10H2,1-5H3,(H,18,20). The van der Waals surface area contributed by atoms with E-state index in [1.54, 1.807) is 13.8 Å². The Bertz CT molecular complexity index is 536. The van der Waals surface area contributed by atoms with Crippen molar-refractivity contribution in [1.29, 1.82) is 0 Å². The van der Waals surface area contributed by atoms with Gasteiger partial charge < -0.3 is 10.2 Å². The Morgan fingerprint density at radius 3 is 2.38 bits per heavy atom. The molecule has 0 spiro atoms. The number of halogens is 1. The monoisotopic (exact) mass is 294 g/mol. The van der Waals surface area contributed by atoms with E-state index in [0.717, 1.165) is 0 Å². The Labute approximate surface area is 125 Å². The number of rotatable bonds is 4. The minimum absolute atomic E-state index is 0.0109. The van der Waals surface area contributed by atoms with Crippen molar-refractivity contribution in [2.45, 2.75) is 40.2 Å². The molecule has 0 unspecified atom stereocenters. The van der Waals surface area contributed by atoms with Gasteiger partial charge in [-0.25, -0.2) is 4.39 Å². The summed E-state index contributed by atoms with van der Waals surface area (Å²) in [5.74, 6) is -0.832. The average Bonchev–Trinajstić information content (AvgIpc) is 2.36. The summed E-state index contributed by atoms with van der Waals surface area (Å²) in [4.78, 5) is 25.7. The molecule has 4 nitrogen and oxygen atoms in total. The van der Waals surface area contributed by atoms with Crippen LogP contribution in [0.25, 0.3) is 0 Å². The Hall–Kier alpha value is -1.91. The van der Waals surface area contributed by atoms with Crippen molar-refractivity contribution >= 4 is 11.8 Å². The Balaban J connectivity index is 2.82. The molecule has 1 rings (SSSR count). The van der Waals surface area contributed by atoms with E-state index in [0.29, 0.717) is 17.7 Å². The van der Waals surface area contributed by atoms with Gasteiger partial charge in [0.15, 0.2) is 0 Å². The highest BCUT2D eigenvalue weighted by atomic mass is 19.1. The van der Waals surface area contributed by atoms with Gasteiger partial charge in [0.1, 0.15) is 5.82 Å². The van der Waals surface area contributed by atoms with Crippen LogP contribution in [0.3, 0.4) is 0 Å². The van der Waals surface area contributed by atoms with Crippen molar-refractivity contribution < 1.29 is 14.0 Å². The van der Waals surface area contributed by atoms with Crippen molar-refractivity contribution in [2.24, 2.45) is 0 Å². The summed E-state index contributed by atoms with van der Waals surface area (Å²) in [7, 11) is 0. The highest BCUT2D eigenvalue weighted by molar-refractivity contribution is 5.96. The smallest absolute Gasteiger partial charge is 0.254 e. The quantitative estimate of drug-likeness (QED) is 0.927. The van der Waals surface area contributed by atoms with E-state index in [2.05, 4.69) is 5.32 Å². The minimum Gasteiger partial charge on any atom is -0.350 e.